The molecule has 202 valence electrons. The highest BCUT2D eigenvalue weighted by atomic mass is 35.5. The van der Waals surface area contributed by atoms with E-state index in [4.69, 9.17) is 28.2 Å². The Hall–Kier alpha value is -2.10. The molecule has 2 aromatic carbocycles. The fourth-order valence-electron chi connectivity index (χ4n) is 4.06. The van der Waals surface area contributed by atoms with Gasteiger partial charge in [0.2, 0.25) is 11.8 Å². The third-order valence-electron chi connectivity index (χ3n) is 6.25. The summed E-state index contributed by atoms with van der Waals surface area (Å²) in [6.07, 6.45) is 1.84. The van der Waals surface area contributed by atoms with Gasteiger partial charge < -0.3 is 10.6 Å². The molecule has 4 rings (SSSR count). The Morgan fingerprint density at radius 1 is 1.11 bits per heavy atom. The topological polar surface area (TPSA) is 74.3 Å². The molecule has 38 heavy (non-hydrogen) atoms. The van der Waals surface area contributed by atoms with Crippen LogP contribution in [0.2, 0.25) is 10.0 Å². The highest BCUT2D eigenvalue weighted by Gasteiger charge is 2.22. The number of thiazole rings is 1. The van der Waals surface area contributed by atoms with Gasteiger partial charge in [-0.3, -0.25) is 14.5 Å². The summed E-state index contributed by atoms with van der Waals surface area (Å²) < 4.78 is 0.843. The summed E-state index contributed by atoms with van der Waals surface area (Å²) in [5.41, 5.74) is 3.18. The molecule has 0 spiro atoms. The number of amides is 2. The van der Waals surface area contributed by atoms with Crippen LogP contribution in [-0.2, 0) is 16.1 Å². The number of hydrogen-bond acceptors (Lipinski definition) is 6. The first kappa shape index (κ1) is 28.9. The molecule has 0 unspecified atom stereocenters. The van der Waals surface area contributed by atoms with Gasteiger partial charge >= 0.3 is 0 Å². The Kier molecular flexibility index (Phi) is 9.76. The molecule has 0 atom stereocenters. The van der Waals surface area contributed by atoms with Gasteiger partial charge in [0.15, 0.2) is 4.34 Å². The van der Waals surface area contributed by atoms with E-state index in [1.807, 2.05) is 68.6 Å². The normalized spacial score (nSPS) is 14.9. The van der Waals surface area contributed by atoms with Crippen LogP contribution in [0.4, 0.5) is 5.69 Å². The van der Waals surface area contributed by atoms with Crippen molar-refractivity contribution in [2.24, 2.45) is 5.41 Å². The lowest BCUT2D eigenvalue weighted by Gasteiger charge is -2.32. The van der Waals surface area contributed by atoms with Crippen molar-refractivity contribution in [1.82, 2.24) is 15.2 Å². The Balaban J connectivity index is 1.22. The van der Waals surface area contributed by atoms with Crippen LogP contribution in [0.3, 0.4) is 0 Å². The van der Waals surface area contributed by atoms with Crippen molar-refractivity contribution in [2.75, 3.05) is 24.2 Å². The maximum absolute atomic E-state index is 12.6. The summed E-state index contributed by atoms with van der Waals surface area (Å²) in [7, 11) is 0. The van der Waals surface area contributed by atoms with Crippen LogP contribution < -0.4 is 10.6 Å². The third-order valence-corrected chi connectivity index (χ3v) is 9.01. The van der Waals surface area contributed by atoms with Crippen LogP contribution in [0.1, 0.15) is 39.2 Å². The van der Waals surface area contributed by atoms with E-state index in [9.17, 15) is 9.59 Å². The summed E-state index contributed by atoms with van der Waals surface area (Å²) in [4.78, 5) is 32.0. The molecular weight excluding hydrogens is 559 g/mol. The second kappa shape index (κ2) is 12.8. The number of rotatable bonds is 8. The van der Waals surface area contributed by atoms with E-state index in [0.717, 1.165) is 59.3 Å². The molecule has 0 radical (unpaired) electrons. The van der Waals surface area contributed by atoms with Gasteiger partial charge in [0, 0.05) is 47.7 Å². The van der Waals surface area contributed by atoms with Crippen molar-refractivity contribution in [3.63, 3.8) is 0 Å². The van der Waals surface area contributed by atoms with E-state index in [1.54, 1.807) is 0 Å². The lowest BCUT2D eigenvalue weighted by atomic mass is 9.95. The summed E-state index contributed by atoms with van der Waals surface area (Å²) in [6.45, 7) is 8.32. The van der Waals surface area contributed by atoms with Crippen LogP contribution in [0.15, 0.2) is 52.2 Å². The molecule has 2 amide bonds. The van der Waals surface area contributed by atoms with E-state index in [2.05, 4.69) is 15.5 Å². The molecule has 0 saturated carbocycles. The maximum atomic E-state index is 12.6. The van der Waals surface area contributed by atoms with Gasteiger partial charge in [-0.2, -0.15) is 0 Å². The van der Waals surface area contributed by atoms with Gasteiger partial charge in [-0.05, 0) is 42.7 Å². The Bertz CT molecular complexity index is 1280. The second-order valence-electron chi connectivity index (χ2n) is 10.4. The quantitative estimate of drug-likeness (QED) is 0.277. The third kappa shape index (κ3) is 8.20. The molecule has 1 fully saturated rings. The molecule has 1 aliphatic heterocycles. The Morgan fingerprint density at radius 2 is 1.87 bits per heavy atom. The smallest absolute Gasteiger partial charge is 0.230 e. The first-order chi connectivity index (χ1) is 18.1. The van der Waals surface area contributed by atoms with Crippen molar-refractivity contribution in [3.8, 4) is 11.3 Å². The number of hydrogen-bond donors (Lipinski definition) is 2. The molecule has 3 aromatic rings. The van der Waals surface area contributed by atoms with E-state index in [-0.39, 0.29) is 17.9 Å². The van der Waals surface area contributed by atoms with Crippen molar-refractivity contribution in [1.29, 1.82) is 0 Å². The van der Waals surface area contributed by atoms with Gasteiger partial charge in [-0.1, -0.05) is 73.9 Å². The standard InChI is InChI=1S/C28H32Cl2N4O2S2/c1-28(2,3)26(36)32-21-6-4-5-19(14-21)24-16-37-27(33-24)38-17-25(35)31-20-9-11-34(12-10-20)15-18-7-8-22(29)23(30)13-18/h4-8,13-14,16,20H,9-12,15,17H2,1-3H3,(H,31,35)(H,32,36). The van der Waals surface area contributed by atoms with E-state index in [1.165, 1.54) is 23.1 Å². The van der Waals surface area contributed by atoms with Crippen LogP contribution >= 0.6 is 46.3 Å². The molecule has 6 nitrogen and oxygen atoms in total. The highest BCUT2D eigenvalue weighted by molar-refractivity contribution is 8.01. The Morgan fingerprint density at radius 3 is 2.58 bits per heavy atom. The van der Waals surface area contributed by atoms with E-state index >= 15 is 0 Å². The molecule has 1 aromatic heterocycles. The number of aromatic nitrogens is 1. The number of nitrogens with one attached hydrogen (secondary N) is 2. The van der Waals surface area contributed by atoms with Crippen LogP contribution in [0, 0.1) is 5.41 Å². The van der Waals surface area contributed by atoms with Crippen LogP contribution in [-0.4, -0.2) is 46.6 Å². The number of halogens is 2. The fourth-order valence-corrected chi connectivity index (χ4v) is 6.03. The average Bonchev–Trinajstić information content (AvgIpc) is 3.35. The van der Waals surface area contributed by atoms with Crippen LogP contribution in [0.25, 0.3) is 11.3 Å². The van der Waals surface area contributed by atoms with Gasteiger partial charge in [0.1, 0.15) is 0 Å². The van der Waals surface area contributed by atoms with Gasteiger partial charge in [-0.15, -0.1) is 11.3 Å². The molecular formula is C28H32Cl2N4O2S2. The number of anilines is 1. The summed E-state index contributed by atoms with van der Waals surface area (Å²) in [5, 5.41) is 9.27. The van der Waals surface area contributed by atoms with Crippen molar-refractivity contribution in [2.45, 2.75) is 50.5 Å². The summed E-state index contributed by atoms with van der Waals surface area (Å²) in [5.74, 6) is 0.326. The van der Waals surface area contributed by atoms with Gasteiger partial charge in [-0.25, -0.2) is 4.98 Å². The molecule has 10 heteroatoms. The maximum Gasteiger partial charge on any atom is 0.230 e. The minimum absolute atomic E-state index is 0.0292. The zero-order valence-corrected chi connectivity index (χ0v) is 24.9. The molecule has 2 N–H and O–H groups in total. The number of likely N-dealkylation sites (tertiary alicyclic amines) is 1. The predicted octanol–water partition coefficient (Wildman–Crippen LogP) is 6.97. The highest BCUT2D eigenvalue weighted by Crippen LogP contribution is 2.30. The first-order valence-electron chi connectivity index (χ1n) is 12.5. The number of piperidine rings is 1. The van der Waals surface area contributed by atoms with Crippen molar-refractivity contribution in [3.05, 3.63) is 63.5 Å². The lowest BCUT2D eigenvalue weighted by molar-refractivity contribution is -0.123. The minimum Gasteiger partial charge on any atom is -0.353 e. The minimum atomic E-state index is -0.468. The monoisotopic (exact) mass is 590 g/mol. The number of nitrogens with zero attached hydrogens (tertiary/aromatic N) is 2. The predicted molar refractivity (Wildman–Crippen MR) is 159 cm³/mol. The molecule has 0 bridgehead atoms. The molecule has 1 aliphatic rings. The number of carbonyl (C=O) groups is 2. The first-order valence-corrected chi connectivity index (χ1v) is 15.1. The van der Waals surface area contributed by atoms with Gasteiger partial charge in [0.25, 0.3) is 0 Å². The van der Waals surface area contributed by atoms with Gasteiger partial charge in [0.05, 0.1) is 21.5 Å². The molecule has 1 saturated heterocycles. The zero-order chi connectivity index (χ0) is 27.3. The number of carbonyl (C=O) groups excluding carboxylic acids is 2. The lowest BCUT2D eigenvalue weighted by Crippen LogP contribution is -2.44. The van der Waals surface area contributed by atoms with Crippen molar-refractivity contribution < 1.29 is 9.59 Å². The zero-order valence-electron chi connectivity index (χ0n) is 21.7. The second-order valence-corrected chi connectivity index (χ2v) is 13.3. The number of thioether (sulfide) groups is 1. The SMILES string of the molecule is CC(C)(C)C(=O)Nc1cccc(-c2csc(SCC(=O)NC3CCN(Cc4ccc(Cl)c(Cl)c4)CC3)n2)c1. The number of benzene rings is 2. The van der Waals surface area contributed by atoms with E-state index in [0.29, 0.717) is 15.8 Å². The Labute approximate surface area is 242 Å². The van der Waals surface area contributed by atoms with Crippen molar-refractivity contribution >= 4 is 63.8 Å². The van der Waals surface area contributed by atoms with Crippen LogP contribution in [0.5, 0.6) is 0 Å². The van der Waals surface area contributed by atoms with E-state index < -0.39 is 5.41 Å². The largest absolute Gasteiger partial charge is 0.353 e. The molecule has 0 aliphatic carbocycles. The fraction of sp³-hybridized carbons (Fsp3) is 0.393. The summed E-state index contributed by atoms with van der Waals surface area (Å²) >= 11 is 15.1. The molecule has 2 heterocycles. The summed E-state index contributed by atoms with van der Waals surface area (Å²) in [6, 6.07) is 13.6. The average molecular weight is 592 g/mol.